The van der Waals surface area contributed by atoms with Crippen LogP contribution in [0.2, 0.25) is 0 Å². The van der Waals surface area contributed by atoms with Gasteiger partial charge < -0.3 is 10.2 Å². The zero-order valence-electron chi connectivity index (χ0n) is 12.8. The Morgan fingerprint density at radius 1 is 1.22 bits per heavy atom. The number of carbonyl (C=O) groups is 2. The number of amides is 2. The van der Waals surface area contributed by atoms with Gasteiger partial charge in [-0.25, -0.2) is 9.67 Å². The molecular weight excluding hydrogens is 294 g/mol. The molecule has 1 fully saturated rings. The molecule has 0 spiro atoms. The average Bonchev–Trinajstić information content (AvgIpc) is 3.00. The third-order valence-corrected chi connectivity index (χ3v) is 3.85. The van der Waals surface area contributed by atoms with Crippen LogP contribution in [0.4, 0.5) is 5.69 Å². The van der Waals surface area contributed by atoms with Crippen molar-refractivity contribution in [1.82, 2.24) is 19.7 Å². The summed E-state index contributed by atoms with van der Waals surface area (Å²) in [6, 6.07) is 7.36. The molecule has 2 amide bonds. The Hall–Kier alpha value is -2.70. The highest BCUT2D eigenvalue weighted by molar-refractivity contribution is 5.96. The number of benzene rings is 1. The molecule has 0 saturated carbocycles. The maximum Gasteiger partial charge on any atom is 0.244 e. The molecule has 1 aromatic heterocycles. The van der Waals surface area contributed by atoms with Crippen molar-refractivity contribution in [2.75, 3.05) is 18.4 Å². The quantitative estimate of drug-likeness (QED) is 0.930. The van der Waals surface area contributed by atoms with E-state index >= 15 is 0 Å². The van der Waals surface area contributed by atoms with E-state index in [0.29, 0.717) is 18.7 Å². The minimum absolute atomic E-state index is 0.0576. The van der Waals surface area contributed by atoms with Gasteiger partial charge in [0.1, 0.15) is 12.7 Å². The van der Waals surface area contributed by atoms with Crippen LogP contribution in [0.1, 0.15) is 25.7 Å². The van der Waals surface area contributed by atoms with Gasteiger partial charge in [-0.15, -0.1) is 0 Å². The van der Waals surface area contributed by atoms with Crippen molar-refractivity contribution in [3.63, 3.8) is 0 Å². The molecule has 2 aromatic rings. The molecule has 7 nitrogen and oxygen atoms in total. The molecule has 0 atom stereocenters. The summed E-state index contributed by atoms with van der Waals surface area (Å²) in [5, 5.41) is 6.95. The summed E-state index contributed by atoms with van der Waals surface area (Å²) >= 11 is 0. The SMILES string of the molecule is O=C(CN1CCCCCC1=O)Nc1ccccc1-n1cncn1. The van der Waals surface area contributed by atoms with Crippen molar-refractivity contribution in [3.05, 3.63) is 36.9 Å². The van der Waals surface area contributed by atoms with Crippen LogP contribution in [0.3, 0.4) is 0 Å². The van der Waals surface area contributed by atoms with Crippen molar-refractivity contribution in [2.45, 2.75) is 25.7 Å². The number of nitrogens with one attached hydrogen (secondary N) is 1. The van der Waals surface area contributed by atoms with E-state index in [9.17, 15) is 9.59 Å². The molecule has 3 rings (SSSR count). The van der Waals surface area contributed by atoms with Crippen LogP contribution in [-0.2, 0) is 9.59 Å². The molecule has 0 bridgehead atoms. The van der Waals surface area contributed by atoms with E-state index in [2.05, 4.69) is 15.4 Å². The molecule has 1 aliphatic heterocycles. The molecule has 0 unspecified atom stereocenters. The third kappa shape index (κ3) is 3.74. The highest BCUT2D eigenvalue weighted by atomic mass is 16.2. The van der Waals surface area contributed by atoms with Crippen molar-refractivity contribution in [1.29, 1.82) is 0 Å². The fraction of sp³-hybridized carbons (Fsp3) is 0.375. The first-order chi connectivity index (χ1) is 11.2. The van der Waals surface area contributed by atoms with Gasteiger partial charge in [-0.3, -0.25) is 9.59 Å². The van der Waals surface area contributed by atoms with Gasteiger partial charge in [0, 0.05) is 13.0 Å². The number of para-hydroxylation sites is 2. The summed E-state index contributed by atoms with van der Waals surface area (Å²) in [6.07, 6.45) is 6.44. The zero-order chi connectivity index (χ0) is 16.1. The fourth-order valence-electron chi connectivity index (χ4n) is 2.68. The number of hydrogen-bond donors (Lipinski definition) is 1. The maximum atomic E-state index is 12.3. The number of hydrogen-bond acceptors (Lipinski definition) is 4. The van der Waals surface area contributed by atoms with E-state index in [4.69, 9.17) is 0 Å². The predicted molar refractivity (Wildman–Crippen MR) is 85.0 cm³/mol. The monoisotopic (exact) mass is 313 g/mol. The summed E-state index contributed by atoms with van der Waals surface area (Å²) in [5.41, 5.74) is 1.38. The molecule has 1 saturated heterocycles. The van der Waals surface area contributed by atoms with E-state index in [0.717, 1.165) is 24.9 Å². The molecule has 0 aliphatic carbocycles. The second-order valence-corrected chi connectivity index (χ2v) is 5.53. The Labute approximate surface area is 134 Å². The number of aromatic nitrogens is 3. The van der Waals surface area contributed by atoms with E-state index in [-0.39, 0.29) is 18.4 Å². The summed E-state index contributed by atoms with van der Waals surface area (Å²) < 4.78 is 1.59. The van der Waals surface area contributed by atoms with Crippen molar-refractivity contribution in [2.24, 2.45) is 0 Å². The topological polar surface area (TPSA) is 80.1 Å². The van der Waals surface area contributed by atoms with Gasteiger partial charge in [-0.2, -0.15) is 5.10 Å². The maximum absolute atomic E-state index is 12.3. The predicted octanol–water partition coefficient (Wildman–Crippen LogP) is 1.61. The number of likely N-dealkylation sites (tertiary alicyclic amines) is 1. The van der Waals surface area contributed by atoms with Gasteiger partial charge in [-0.1, -0.05) is 18.6 Å². The Morgan fingerprint density at radius 2 is 2.09 bits per heavy atom. The fourth-order valence-corrected chi connectivity index (χ4v) is 2.68. The van der Waals surface area contributed by atoms with Crippen LogP contribution < -0.4 is 5.32 Å². The molecule has 23 heavy (non-hydrogen) atoms. The number of carbonyl (C=O) groups excluding carboxylic acids is 2. The van der Waals surface area contributed by atoms with Crippen LogP contribution in [-0.4, -0.2) is 44.6 Å². The average molecular weight is 313 g/mol. The van der Waals surface area contributed by atoms with Crippen LogP contribution >= 0.6 is 0 Å². The normalized spacial score (nSPS) is 15.3. The Bertz CT molecular complexity index is 684. The summed E-state index contributed by atoms with van der Waals surface area (Å²) in [5.74, 6) is -0.143. The van der Waals surface area contributed by atoms with Crippen molar-refractivity contribution < 1.29 is 9.59 Å². The van der Waals surface area contributed by atoms with Crippen LogP contribution in [0.25, 0.3) is 5.69 Å². The molecule has 1 aromatic carbocycles. The van der Waals surface area contributed by atoms with Crippen LogP contribution in [0.5, 0.6) is 0 Å². The van der Waals surface area contributed by atoms with Gasteiger partial charge in [0.25, 0.3) is 0 Å². The number of anilines is 1. The van der Waals surface area contributed by atoms with E-state index in [1.165, 1.54) is 6.33 Å². The Balaban J connectivity index is 1.70. The van der Waals surface area contributed by atoms with Gasteiger partial charge >= 0.3 is 0 Å². The second kappa shape index (κ2) is 7.04. The molecule has 1 N–H and O–H groups in total. The molecule has 2 heterocycles. The molecule has 1 aliphatic rings. The molecule has 0 radical (unpaired) electrons. The summed E-state index contributed by atoms with van der Waals surface area (Å²) in [4.78, 5) is 29.8. The third-order valence-electron chi connectivity index (χ3n) is 3.85. The van der Waals surface area contributed by atoms with E-state index in [1.807, 2.05) is 18.2 Å². The summed E-state index contributed by atoms with van der Waals surface area (Å²) in [6.45, 7) is 0.738. The minimum Gasteiger partial charge on any atom is -0.333 e. The lowest BCUT2D eigenvalue weighted by Crippen LogP contribution is -2.37. The lowest BCUT2D eigenvalue weighted by molar-refractivity contribution is -0.134. The number of rotatable bonds is 4. The summed E-state index contributed by atoms with van der Waals surface area (Å²) in [7, 11) is 0. The first kappa shape index (κ1) is 15.2. The van der Waals surface area contributed by atoms with Gasteiger partial charge in [-0.05, 0) is 25.0 Å². The Kier molecular flexibility index (Phi) is 4.65. The lowest BCUT2D eigenvalue weighted by atomic mass is 10.2. The largest absolute Gasteiger partial charge is 0.333 e. The second-order valence-electron chi connectivity index (χ2n) is 5.53. The molecule has 7 heteroatoms. The highest BCUT2D eigenvalue weighted by Gasteiger charge is 2.19. The van der Waals surface area contributed by atoms with Crippen molar-refractivity contribution in [3.8, 4) is 5.69 Å². The zero-order valence-corrected chi connectivity index (χ0v) is 12.8. The first-order valence-electron chi connectivity index (χ1n) is 7.76. The van der Waals surface area contributed by atoms with Crippen molar-refractivity contribution >= 4 is 17.5 Å². The van der Waals surface area contributed by atoms with E-state index in [1.54, 1.807) is 22.0 Å². The molecular formula is C16H19N5O2. The standard InChI is InChI=1S/C16H19N5O2/c22-15(10-20-9-5-1-2-8-16(20)23)19-13-6-3-4-7-14(13)21-12-17-11-18-21/h3-4,6-7,11-12H,1-2,5,8-10H2,(H,19,22). The van der Waals surface area contributed by atoms with E-state index < -0.39 is 0 Å². The van der Waals surface area contributed by atoms with Crippen LogP contribution in [0.15, 0.2) is 36.9 Å². The van der Waals surface area contributed by atoms with Gasteiger partial charge in [0.15, 0.2) is 0 Å². The smallest absolute Gasteiger partial charge is 0.244 e. The number of nitrogens with zero attached hydrogens (tertiary/aromatic N) is 4. The highest BCUT2D eigenvalue weighted by Crippen LogP contribution is 2.19. The van der Waals surface area contributed by atoms with Gasteiger partial charge in [0.05, 0.1) is 17.9 Å². The minimum atomic E-state index is -0.201. The Morgan fingerprint density at radius 3 is 2.91 bits per heavy atom. The first-order valence-corrected chi connectivity index (χ1v) is 7.76. The van der Waals surface area contributed by atoms with Gasteiger partial charge in [0.2, 0.25) is 11.8 Å². The molecule has 120 valence electrons. The van der Waals surface area contributed by atoms with Crippen LogP contribution in [0, 0.1) is 0 Å². The lowest BCUT2D eigenvalue weighted by Gasteiger charge is -2.20.